The van der Waals surface area contributed by atoms with Gasteiger partial charge in [0.25, 0.3) is 10.0 Å². The van der Waals surface area contributed by atoms with E-state index in [-0.39, 0.29) is 22.8 Å². The van der Waals surface area contributed by atoms with Gasteiger partial charge in [-0.15, -0.1) is 0 Å². The number of hydrogen-bond acceptors (Lipinski definition) is 6. The Labute approximate surface area is 224 Å². The van der Waals surface area contributed by atoms with Crippen molar-refractivity contribution in [2.75, 3.05) is 31.4 Å². The topological polar surface area (TPSA) is 85.9 Å². The molecule has 0 saturated carbocycles. The third-order valence-corrected chi connectivity index (χ3v) is 8.90. The Morgan fingerprint density at radius 1 is 0.921 bits per heavy atom. The molecular formula is C30H34N2O5S. The van der Waals surface area contributed by atoms with E-state index in [2.05, 4.69) is 36.0 Å². The number of hydrogen-bond donors (Lipinski definition) is 2. The third-order valence-electron chi connectivity index (χ3n) is 7.52. The molecule has 5 rings (SSSR count). The predicted molar refractivity (Wildman–Crippen MR) is 150 cm³/mol. The Morgan fingerprint density at radius 2 is 1.61 bits per heavy atom. The highest BCUT2D eigenvalue weighted by Gasteiger charge is 2.39. The van der Waals surface area contributed by atoms with Gasteiger partial charge < -0.3 is 19.5 Å². The largest absolute Gasteiger partial charge is 0.493 e. The van der Waals surface area contributed by atoms with Crippen molar-refractivity contribution in [3.63, 3.8) is 0 Å². The molecule has 0 radical (unpaired) electrons. The second-order valence-corrected chi connectivity index (χ2v) is 11.7. The lowest BCUT2D eigenvalue weighted by atomic mass is 9.77. The fourth-order valence-corrected chi connectivity index (χ4v) is 6.59. The molecule has 1 aliphatic heterocycles. The van der Waals surface area contributed by atoms with Crippen molar-refractivity contribution >= 4 is 21.4 Å². The lowest BCUT2D eigenvalue weighted by molar-refractivity contribution is 0.322. The molecule has 200 valence electrons. The number of sulfonamides is 1. The quantitative estimate of drug-likeness (QED) is 0.323. The van der Waals surface area contributed by atoms with E-state index in [1.165, 1.54) is 0 Å². The van der Waals surface area contributed by atoms with Crippen molar-refractivity contribution in [3.05, 3.63) is 83.4 Å². The molecule has 0 saturated heterocycles. The Morgan fingerprint density at radius 3 is 2.21 bits per heavy atom. The molecule has 38 heavy (non-hydrogen) atoms. The smallest absolute Gasteiger partial charge is 0.261 e. The molecular weight excluding hydrogens is 500 g/mol. The summed E-state index contributed by atoms with van der Waals surface area (Å²) in [5.74, 6) is 2.43. The molecule has 1 aliphatic carbocycles. The number of fused-ring (bicyclic) bond motifs is 3. The van der Waals surface area contributed by atoms with Crippen LogP contribution in [0.4, 0.5) is 11.4 Å². The van der Waals surface area contributed by atoms with Gasteiger partial charge in [0.15, 0.2) is 11.5 Å². The van der Waals surface area contributed by atoms with Gasteiger partial charge in [0.2, 0.25) is 5.75 Å². The molecule has 3 atom stereocenters. The number of methoxy groups -OCH3 is 3. The minimum absolute atomic E-state index is 0.0174. The highest BCUT2D eigenvalue weighted by molar-refractivity contribution is 7.92. The highest BCUT2D eigenvalue weighted by atomic mass is 32.2. The van der Waals surface area contributed by atoms with Gasteiger partial charge in [-0.1, -0.05) is 38.1 Å². The van der Waals surface area contributed by atoms with Crippen LogP contribution in [0.15, 0.2) is 71.6 Å². The Balaban J connectivity index is 1.47. The Kier molecular flexibility index (Phi) is 7.01. The molecule has 0 amide bonds. The van der Waals surface area contributed by atoms with Crippen LogP contribution in [0.1, 0.15) is 54.8 Å². The lowest BCUT2D eigenvalue weighted by Crippen LogP contribution is -2.29. The molecule has 0 unspecified atom stereocenters. The molecule has 0 aromatic heterocycles. The van der Waals surface area contributed by atoms with E-state index in [1.54, 1.807) is 33.5 Å². The van der Waals surface area contributed by atoms with E-state index < -0.39 is 10.0 Å². The van der Waals surface area contributed by atoms with E-state index in [4.69, 9.17) is 14.2 Å². The van der Waals surface area contributed by atoms with Crippen LogP contribution in [0, 0.1) is 5.92 Å². The number of rotatable bonds is 8. The van der Waals surface area contributed by atoms with E-state index in [1.807, 2.05) is 42.5 Å². The summed E-state index contributed by atoms with van der Waals surface area (Å²) >= 11 is 0. The van der Waals surface area contributed by atoms with Crippen molar-refractivity contribution in [1.82, 2.24) is 0 Å². The van der Waals surface area contributed by atoms with E-state index in [0.29, 0.717) is 28.9 Å². The minimum Gasteiger partial charge on any atom is -0.493 e. The first-order valence-electron chi connectivity index (χ1n) is 12.8. The van der Waals surface area contributed by atoms with Crippen LogP contribution in [0.2, 0.25) is 0 Å². The number of anilines is 2. The first-order valence-corrected chi connectivity index (χ1v) is 14.2. The Hall–Kier alpha value is -3.65. The first kappa shape index (κ1) is 26.0. The SMILES string of the molecule is COc1cc([C@H]2Nc3ccc(S(=O)(=O)Nc4ccc(C(C)C)cc4)cc3[C@H]3C=CC[C@H]32)cc(OC)c1OC. The molecule has 0 fully saturated rings. The lowest BCUT2D eigenvalue weighted by Gasteiger charge is -2.38. The maximum Gasteiger partial charge on any atom is 0.261 e. The van der Waals surface area contributed by atoms with Crippen LogP contribution < -0.4 is 24.2 Å². The van der Waals surface area contributed by atoms with Crippen LogP contribution in [-0.2, 0) is 10.0 Å². The highest BCUT2D eigenvalue weighted by Crippen LogP contribution is 2.52. The summed E-state index contributed by atoms with van der Waals surface area (Å²) in [6.07, 6.45) is 5.23. The summed E-state index contributed by atoms with van der Waals surface area (Å²) in [7, 11) is 1.06. The van der Waals surface area contributed by atoms with Crippen LogP contribution in [0.5, 0.6) is 17.2 Å². The van der Waals surface area contributed by atoms with E-state index in [0.717, 1.165) is 28.8 Å². The molecule has 0 spiro atoms. The number of nitrogens with one attached hydrogen (secondary N) is 2. The third kappa shape index (κ3) is 4.69. The van der Waals surface area contributed by atoms with Crippen molar-refractivity contribution < 1.29 is 22.6 Å². The van der Waals surface area contributed by atoms with Gasteiger partial charge >= 0.3 is 0 Å². The molecule has 0 bridgehead atoms. The monoisotopic (exact) mass is 534 g/mol. The van der Waals surface area contributed by atoms with Crippen LogP contribution in [-0.4, -0.2) is 29.7 Å². The van der Waals surface area contributed by atoms with E-state index in [9.17, 15) is 8.42 Å². The standard InChI is InChI=1S/C30H34N2O5S/c1-18(2)19-9-11-21(12-10-19)32-38(33,34)22-13-14-26-25(17-22)23-7-6-8-24(23)29(31-26)20-15-27(35-3)30(37-5)28(16-20)36-4/h6-7,9-18,23-24,29,31-32H,8H2,1-5H3/t23-,24+,29+/m0/s1. The fourth-order valence-electron chi connectivity index (χ4n) is 5.50. The summed E-state index contributed by atoms with van der Waals surface area (Å²) in [5.41, 5.74) is 4.62. The zero-order chi connectivity index (χ0) is 27.0. The zero-order valence-electron chi connectivity index (χ0n) is 22.3. The maximum atomic E-state index is 13.3. The maximum absolute atomic E-state index is 13.3. The van der Waals surface area contributed by atoms with Crippen molar-refractivity contribution in [2.45, 2.75) is 43.0 Å². The summed E-state index contributed by atoms with van der Waals surface area (Å²) < 4.78 is 46.0. The first-order chi connectivity index (χ1) is 18.2. The molecule has 3 aromatic rings. The van der Waals surface area contributed by atoms with E-state index >= 15 is 0 Å². The van der Waals surface area contributed by atoms with Gasteiger partial charge in [-0.05, 0) is 77.4 Å². The van der Waals surface area contributed by atoms with Gasteiger partial charge in [-0.3, -0.25) is 4.72 Å². The molecule has 2 N–H and O–H groups in total. The van der Waals surface area contributed by atoms with Crippen molar-refractivity contribution in [2.24, 2.45) is 5.92 Å². The normalized spacial score (nSPS) is 19.9. The molecule has 7 nitrogen and oxygen atoms in total. The molecule has 3 aromatic carbocycles. The van der Waals surface area contributed by atoms with Crippen molar-refractivity contribution in [1.29, 1.82) is 0 Å². The van der Waals surface area contributed by atoms with Gasteiger partial charge in [-0.25, -0.2) is 8.42 Å². The van der Waals surface area contributed by atoms with Crippen LogP contribution in [0.3, 0.4) is 0 Å². The second-order valence-electron chi connectivity index (χ2n) is 10.1. The van der Waals surface area contributed by atoms with Gasteiger partial charge in [0, 0.05) is 17.3 Å². The molecule has 8 heteroatoms. The Bertz CT molecular complexity index is 1440. The number of benzene rings is 3. The number of allylic oxidation sites excluding steroid dienone is 2. The summed E-state index contributed by atoms with van der Waals surface area (Å²) in [6.45, 7) is 4.22. The van der Waals surface area contributed by atoms with Crippen molar-refractivity contribution in [3.8, 4) is 17.2 Å². The number of ether oxygens (including phenoxy) is 3. The van der Waals surface area contributed by atoms with Crippen LogP contribution in [0.25, 0.3) is 0 Å². The summed E-state index contributed by atoms with van der Waals surface area (Å²) in [4.78, 5) is 0.247. The second kappa shape index (κ2) is 10.3. The average molecular weight is 535 g/mol. The fraction of sp³-hybridized carbons (Fsp3) is 0.333. The van der Waals surface area contributed by atoms with Gasteiger partial charge in [-0.2, -0.15) is 0 Å². The van der Waals surface area contributed by atoms with Gasteiger partial charge in [0.1, 0.15) is 0 Å². The van der Waals surface area contributed by atoms with Gasteiger partial charge in [0.05, 0.1) is 32.3 Å². The minimum atomic E-state index is -3.75. The summed E-state index contributed by atoms with van der Waals surface area (Å²) in [6, 6.07) is 16.8. The molecule has 2 aliphatic rings. The average Bonchev–Trinajstić information content (AvgIpc) is 3.42. The van der Waals surface area contributed by atoms with Crippen LogP contribution >= 0.6 is 0 Å². The zero-order valence-corrected chi connectivity index (χ0v) is 23.1. The predicted octanol–water partition coefficient (Wildman–Crippen LogP) is 6.46. The summed E-state index contributed by atoms with van der Waals surface area (Å²) in [5, 5.41) is 3.66. The molecule has 1 heterocycles.